The number of hydrogen-bond donors (Lipinski definition) is 0. The standard InChI is InChI=1S/C24H24N2O5/c1-29-22-10-17(2-3-18(22)13-25)11-23(27)26-8-6-16(7-9-26)14-30-20-4-5-21-19(12-20)15-31-24(21)28/h2-5,10,12,16H,6-9,11,14-15H2,1H3. The van der Waals surface area contributed by atoms with Crippen LogP contribution in [0.5, 0.6) is 11.5 Å². The number of methoxy groups -OCH3 is 1. The fourth-order valence-corrected chi connectivity index (χ4v) is 3.99. The SMILES string of the molecule is COc1cc(CC(=O)N2CCC(COc3ccc4c(c3)COC4=O)CC2)ccc1C#N. The maximum Gasteiger partial charge on any atom is 0.338 e. The molecular formula is C24H24N2O5. The van der Waals surface area contributed by atoms with Crippen LogP contribution in [0, 0.1) is 17.2 Å². The molecule has 2 aliphatic rings. The van der Waals surface area contributed by atoms with E-state index in [9.17, 15) is 9.59 Å². The van der Waals surface area contributed by atoms with Gasteiger partial charge in [-0.05, 0) is 54.7 Å². The van der Waals surface area contributed by atoms with Crippen LogP contribution in [-0.2, 0) is 22.6 Å². The van der Waals surface area contributed by atoms with Gasteiger partial charge < -0.3 is 19.1 Å². The van der Waals surface area contributed by atoms with Crippen molar-refractivity contribution in [1.29, 1.82) is 5.26 Å². The van der Waals surface area contributed by atoms with Gasteiger partial charge in [-0.2, -0.15) is 5.26 Å². The quantitative estimate of drug-likeness (QED) is 0.667. The van der Waals surface area contributed by atoms with Crippen LogP contribution >= 0.6 is 0 Å². The van der Waals surface area contributed by atoms with Crippen LogP contribution in [0.25, 0.3) is 0 Å². The van der Waals surface area contributed by atoms with E-state index in [1.54, 1.807) is 30.3 Å². The molecule has 7 nitrogen and oxygen atoms in total. The van der Waals surface area contributed by atoms with Crippen molar-refractivity contribution < 1.29 is 23.8 Å². The normalized spacial score (nSPS) is 15.7. The van der Waals surface area contributed by atoms with E-state index in [1.165, 1.54) is 7.11 Å². The Balaban J connectivity index is 1.25. The zero-order chi connectivity index (χ0) is 21.8. The molecule has 7 heteroatoms. The van der Waals surface area contributed by atoms with Crippen molar-refractivity contribution in [1.82, 2.24) is 4.90 Å². The van der Waals surface area contributed by atoms with Crippen LogP contribution in [0.4, 0.5) is 0 Å². The lowest BCUT2D eigenvalue weighted by Crippen LogP contribution is -2.40. The Labute approximate surface area is 181 Å². The van der Waals surface area contributed by atoms with E-state index in [2.05, 4.69) is 6.07 Å². The predicted octanol–water partition coefficient (Wildman–Crippen LogP) is 3.10. The van der Waals surface area contributed by atoms with Gasteiger partial charge in [0, 0.05) is 18.7 Å². The number of cyclic esters (lactones) is 1. The highest BCUT2D eigenvalue weighted by Crippen LogP contribution is 2.26. The average molecular weight is 420 g/mol. The molecule has 0 spiro atoms. The van der Waals surface area contributed by atoms with Gasteiger partial charge >= 0.3 is 5.97 Å². The van der Waals surface area contributed by atoms with E-state index in [1.807, 2.05) is 11.0 Å². The third-order valence-corrected chi connectivity index (χ3v) is 5.85. The van der Waals surface area contributed by atoms with Gasteiger partial charge in [0.05, 0.1) is 31.3 Å². The Morgan fingerprint density at radius 1 is 1.23 bits per heavy atom. The summed E-state index contributed by atoms with van der Waals surface area (Å²) in [5.41, 5.74) is 2.77. The number of hydrogen-bond acceptors (Lipinski definition) is 6. The lowest BCUT2D eigenvalue weighted by molar-refractivity contribution is -0.132. The lowest BCUT2D eigenvalue weighted by atomic mass is 9.97. The molecule has 0 radical (unpaired) electrons. The van der Waals surface area contributed by atoms with Crippen LogP contribution in [-0.4, -0.2) is 43.6 Å². The van der Waals surface area contributed by atoms with Crippen molar-refractivity contribution in [3.8, 4) is 17.6 Å². The van der Waals surface area contributed by atoms with E-state index in [0.29, 0.717) is 55.5 Å². The molecule has 0 aromatic heterocycles. The zero-order valence-corrected chi connectivity index (χ0v) is 17.4. The van der Waals surface area contributed by atoms with Crippen LogP contribution in [0.1, 0.15) is 39.9 Å². The third kappa shape index (κ3) is 4.64. The van der Waals surface area contributed by atoms with Gasteiger partial charge in [-0.1, -0.05) is 6.07 Å². The number of benzene rings is 2. The van der Waals surface area contributed by atoms with Crippen molar-refractivity contribution in [2.75, 3.05) is 26.8 Å². The molecule has 160 valence electrons. The molecule has 2 aliphatic heterocycles. The molecule has 0 atom stereocenters. The van der Waals surface area contributed by atoms with Crippen molar-refractivity contribution in [2.45, 2.75) is 25.9 Å². The number of carbonyl (C=O) groups excluding carboxylic acids is 2. The minimum Gasteiger partial charge on any atom is -0.495 e. The second-order valence-corrected chi connectivity index (χ2v) is 7.85. The highest BCUT2D eigenvalue weighted by molar-refractivity contribution is 5.93. The first-order valence-electron chi connectivity index (χ1n) is 10.3. The van der Waals surface area contributed by atoms with E-state index >= 15 is 0 Å². The maximum atomic E-state index is 12.7. The van der Waals surface area contributed by atoms with Crippen LogP contribution < -0.4 is 9.47 Å². The van der Waals surface area contributed by atoms with Gasteiger partial charge in [-0.3, -0.25) is 4.79 Å². The summed E-state index contributed by atoms with van der Waals surface area (Å²) in [6, 6.07) is 12.7. The first-order chi connectivity index (χ1) is 15.1. The number of carbonyl (C=O) groups is 2. The molecule has 0 unspecified atom stereocenters. The summed E-state index contributed by atoms with van der Waals surface area (Å²) in [5.74, 6) is 1.41. The molecule has 1 amide bonds. The predicted molar refractivity (Wildman–Crippen MR) is 112 cm³/mol. The summed E-state index contributed by atoms with van der Waals surface area (Å²) < 4.78 is 16.2. The fraction of sp³-hybridized carbons (Fsp3) is 0.375. The third-order valence-electron chi connectivity index (χ3n) is 5.85. The van der Waals surface area contributed by atoms with E-state index in [-0.39, 0.29) is 11.9 Å². The number of fused-ring (bicyclic) bond motifs is 1. The summed E-state index contributed by atoms with van der Waals surface area (Å²) in [4.78, 5) is 26.1. The Kier molecular flexibility index (Phi) is 6.08. The summed E-state index contributed by atoms with van der Waals surface area (Å²) in [7, 11) is 1.52. The van der Waals surface area contributed by atoms with Crippen LogP contribution in [0.3, 0.4) is 0 Å². The van der Waals surface area contributed by atoms with Gasteiger partial charge in [0.1, 0.15) is 24.2 Å². The van der Waals surface area contributed by atoms with Gasteiger partial charge in [-0.15, -0.1) is 0 Å². The molecule has 31 heavy (non-hydrogen) atoms. The summed E-state index contributed by atoms with van der Waals surface area (Å²) >= 11 is 0. The van der Waals surface area contributed by atoms with Gasteiger partial charge in [-0.25, -0.2) is 4.79 Å². The van der Waals surface area contributed by atoms with Gasteiger partial charge in [0.2, 0.25) is 5.91 Å². The van der Waals surface area contributed by atoms with Gasteiger partial charge in [0.15, 0.2) is 0 Å². The monoisotopic (exact) mass is 420 g/mol. The molecule has 1 saturated heterocycles. The molecule has 0 bridgehead atoms. The number of nitrogens with zero attached hydrogens (tertiary/aromatic N) is 2. The molecule has 0 aliphatic carbocycles. The molecule has 4 rings (SSSR count). The van der Waals surface area contributed by atoms with Crippen molar-refractivity contribution in [3.05, 3.63) is 58.7 Å². The highest BCUT2D eigenvalue weighted by Gasteiger charge is 2.24. The Hall–Kier alpha value is -3.53. The second kappa shape index (κ2) is 9.09. The number of ether oxygens (including phenoxy) is 3. The lowest BCUT2D eigenvalue weighted by Gasteiger charge is -2.32. The zero-order valence-electron chi connectivity index (χ0n) is 17.4. The molecule has 2 aromatic rings. The number of likely N-dealkylation sites (tertiary alicyclic amines) is 1. The minimum atomic E-state index is -0.280. The summed E-state index contributed by atoms with van der Waals surface area (Å²) in [6.45, 7) is 2.29. The number of rotatable bonds is 6. The van der Waals surface area contributed by atoms with Crippen LogP contribution in [0.2, 0.25) is 0 Å². The number of amides is 1. The smallest absolute Gasteiger partial charge is 0.338 e. The highest BCUT2D eigenvalue weighted by atomic mass is 16.5. The molecule has 2 heterocycles. The summed E-state index contributed by atoms with van der Waals surface area (Å²) in [6.07, 6.45) is 2.06. The van der Waals surface area contributed by atoms with Crippen LogP contribution in [0.15, 0.2) is 36.4 Å². The fourth-order valence-electron chi connectivity index (χ4n) is 3.99. The Bertz CT molecular complexity index is 1030. The molecule has 2 aromatic carbocycles. The maximum absolute atomic E-state index is 12.7. The molecule has 0 saturated carbocycles. The molecule has 0 N–H and O–H groups in total. The molecule has 1 fully saturated rings. The number of esters is 1. The van der Waals surface area contributed by atoms with E-state index < -0.39 is 0 Å². The van der Waals surface area contributed by atoms with Crippen molar-refractivity contribution in [3.63, 3.8) is 0 Å². The number of piperidine rings is 1. The topological polar surface area (TPSA) is 88.9 Å². The van der Waals surface area contributed by atoms with Crippen molar-refractivity contribution >= 4 is 11.9 Å². The number of nitriles is 1. The van der Waals surface area contributed by atoms with Crippen molar-refractivity contribution in [2.24, 2.45) is 5.92 Å². The Morgan fingerprint density at radius 3 is 2.77 bits per heavy atom. The van der Waals surface area contributed by atoms with Gasteiger partial charge in [0.25, 0.3) is 0 Å². The van der Waals surface area contributed by atoms with E-state index in [4.69, 9.17) is 19.5 Å². The minimum absolute atomic E-state index is 0.0782. The second-order valence-electron chi connectivity index (χ2n) is 7.85. The first-order valence-corrected chi connectivity index (χ1v) is 10.3. The van der Waals surface area contributed by atoms with E-state index in [0.717, 1.165) is 29.7 Å². The first kappa shape index (κ1) is 20.7. The average Bonchev–Trinajstić information content (AvgIpc) is 3.18. The molecular weight excluding hydrogens is 396 g/mol. The largest absolute Gasteiger partial charge is 0.495 e. The summed E-state index contributed by atoms with van der Waals surface area (Å²) in [5, 5.41) is 9.08. The Morgan fingerprint density at radius 2 is 2.03 bits per heavy atom.